The van der Waals surface area contributed by atoms with Gasteiger partial charge in [-0.1, -0.05) is 6.42 Å². The minimum absolute atomic E-state index is 0.266. The Morgan fingerprint density at radius 2 is 2.35 bits per heavy atom. The van der Waals surface area contributed by atoms with Crippen molar-refractivity contribution in [2.75, 3.05) is 5.75 Å². The lowest BCUT2D eigenvalue weighted by Crippen LogP contribution is -2.30. The van der Waals surface area contributed by atoms with Crippen LogP contribution in [-0.4, -0.2) is 29.5 Å². The Hall–Kier alpha value is -0.880. The van der Waals surface area contributed by atoms with Gasteiger partial charge in [-0.05, 0) is 19.8 Å². The van der Waals surface area contributed by atoms with Crippen molar-refractivity contribution in [3.05, 3.63) is 17.8 Å². The van der Waals surface area contributed by atoms with E-state index in [0.717, 1.165) is 12.8 Å². The molecule has 2 rings (SSSR count). The van der Waals surface area contributed by atoms with Crippen LogP contribution in [0.3, 0.4) is 0 Å². The van der Waals surface area contributed by atoms with Crippen LogP contribution in [0.5, 0.6) is 0 Å². The molecule has 1 fully saturated rings. The molecule has 17 heavy (non-hydrogen) atoms. The van der Waals surface area contributed by atoms with Gasteiger partial charge in [-0.2, -0.15) is 0 Å². The van der Waals surface area contributed by atoms with E-state index in [1.54, 1.807) is 6.92 Å². The Labute approximate surface area is 101 Å². The van der Waals surface area contributed by atoms with Crippen LogP contribution in [0.25, 0.3) is 0 Å². The van der Waals surface area contributed by atoms with Crippen molar-refractivity contribution in [3.63, 3.8) is 0 Å². The average Bonchev–Trinajstić information content (AvgIpc) is 2.70. The van der Waals surface area contributed by atoms with E-state index in [1.165, 1.54) is 6.26 Å². The number of rotatable bonds is 3. The van der Waals surface area contributed by atoms with Gasteiger partial charge in [0.05, 0.1) is 17.1 Å². The third-order valence-electron chi connectivity index (χ3n) is 3.11. The Bertz CT molecular complexity index is 477. The van der Waals surface area contributed by atoms with Crippen LogP contribution in [-0.2, 0) is 16.3 Å². The normalized spacial score (nSPS) is 25.6. The van der Waals surface area contributed by atoms with E-state index in [2.05, 4.69) is 4.98 Å². The second-order valence-electron chi connectivity index (χ2n) is 4.53. The number of oxazole rings is 1. The van der Waals surface area contributed by atoms with E-state index < -0.39 is 15.9 Å². The van der Waals surface area contributed by atoms with Gasteiger partial charge >= 0.3 is 0 Å². The summed E-state index contributed by atoms with van der Waals surface area (Å²) >= 11 is 0. The summed E-state index contributed by atoms with van der Waals surface area (Å²) in [5.41, 5.74) is 0.452. The standard InChI is InChI=1S/C11H17NO4S/c1-8(13)10-7-16-11(12-10)6-9-4-2-3-5-17(9,14)15/h7-9,13H,2-6H2,1H3. The van der Waals surface area contributed by atoms with Gasteiger partial charge in [-0.3, -0.25) is 0 Å². The molecule has 2 heterocycles. The molecule has 0 spiro atoms. The first-order valence-corrected chi connectivity index (χ1v) is 7.54. The van der Waals surface area contributed by atoms with Gasteiger partial charge in [0, 0.05) is 6.42 Å². The first kappa shape index (κ1) is 12.6. The largest absolute Gasteiger partial charge is 0.449 e. The molecule has 1 N–H and O–H groups in total. The first-order chi connectivity index (χ1) is 7.99. The molecule has 1 aliphatic heterocycles. The summed E-state index contributed by atoms with van der Waals surface area (Å²) in [5.74, 6) is 0.665. The van der Waals surface area contributed by atoms with Crippen molar-refractivity contribution in [2.45, 2.75) is 44.0 Å². The highest BCUT2D eigenvalue weighted by Gasteiger charge is 2.30. The fourth-order valence-corrected chi connectivity index (χ4v) is 3.92. The summed E-state index contributed by atoms with van der Waals surface area (Å²) in [6.07, 6.45) is 3.38. The lowest BCUT2D eigenvalue weighted by molar-refractivity contribution is 0.194. The predicted octanol–water partition coefficient (Wildman–Crippen LogP) is 1.24. The number of aliphatic hydroxyl groups is 1. The molecule has 1 aromatic rings. The molecule has 0 bridgehead atoms. The van der Waals surface area contributed by atoms with Gasteiger partial charge in [0.25, 0.3) is 0 Å². The van der Waals surface area contributed by atoms with Crippen molar-refractivity contribution in [3.8, 4) is 0 Å². The second-order valence-corrected chi connectivity index (χ2v) is 6.93. The SMILES string of the molecule is CC(O)c1coc(CC2CCCCS2(=O)=O)n1. The summed E-state index contributed by atoms with van der Waals surface area (Å²) in [4.78, 5) is 4.09. The Kier molecular flexibility index (Phi) is 3.53. The zero-order chi connectivity index (χ0) is 12.5. The third kappa shape index (κ3) is 2.87. The van der Waals surface area contributed by atoms with Crippen molar-refractivity contribution < 1.29 is 17.9 Å². The Morgan fingerprint density at radius 3 is 2.94 bits per heavy atom. The molecule has 0 saturated carbocycles. The summed E-state index contributed by atoms with van der Waals surface area (Å²) in [6, 6.07) is 0. The molecule has 0 radical (unpaired) electrons. The number of sulfone groups is 1. The van der Waals surface area contributed by atoms with E-state index >= 15 is 0 Å². The van der Waals surface area contributed by atoms with Gasteiger partial charge < -0.3 is 9.52 Å². The van der Waals surface area contributed by atoms with Crippen molar-refractivity contribution in [1.29, 1.82) is 0 Å². The smallest absolute Gasteiger partial charge is 0.195 e. The third-order valence-corrected chi connectivity index (χ3v) is 5.39. The summed E-state index contributed by atoms with van der Waals surface area (Å²) < 4.78 is 28.8. The molecule has 1 aromatic heterocycles. The van der Waals surface area contributed by atoms with Crippen molar-refractivity contribution >= 4 is 9.84 Å². The molecule has 1 saturated heterocycles. The molecule has 0 aromatic carbocycles. The highest BCUT2D eigenvalue weighted by molar-refractivity contribution is 7.92. The minimum atomic E-state index is -3.00. The van der Waals surface area contributed by atoms with Crippen LogP contribution in [0.4, 0.5) is 0 Å². The topological polar surface area (TPSA) is 80.4 Å². The zero-order valence-electron chi connectivity index (χ0n) is 9.80. The molecule has 0 aliphatic carbocycles. The molecule has 5 nitrogen and oxygen atoms in total. The predicted molar refractivity (Wildman–Crippen MR) is 62.3 cm³/mol. The van der Waals surface area contributed by atoms with Crippen LogP contribution in [0, 0.1) is 0 Å². The van der Waals surface area contributed by atoms with Gasteiger partial charge in [-0.15, -0.1) is 0 Å². The first-order valence-electron chi connectivity index (χ1n) is 5.83. The summed E-state index contributed by atoms with van der Waals surface area (Å²) in [5, 5.41) is 8.93. The molecule has 2 atom stereocenters. The lowest BCUT2D eigenvalue weighted by atomic mass is 10.1. The maximum Gasteiger partial charge on any atom is 0.195 e. The molecule has 1 aliphatic rings. The molecule has 96 valence electrons. The molecule has 0 amide bonds. The number of aromatic nitrogens is 1. The van der Waals surface area contributed by atoms with E-state index in [4.69, 9.17) is 4.42 Å². The number of nitrogens with zero attached hydrogens (tertiary/aromatic N) is 1. The Balaban J connectivity index is 2.09. The quantitative estimate of drug-likeness (QED) is 0.883. The minimum Gasteiger partial charge on any atom is -0.449 e. The maximum absolute atomic E-state index is 11.8. The fraction of sp³-hybridized carbons (Fsp3) is 0.727. The van der Waals surface area contributed by atoms with E-state index in [1.807, 2.05) is 0 Å². The van der Waals surface area contributed by atoms with E-state index in [-0.39, 0.29) is 11.0 Å². The van der Waals surface area contributed by atoms with Crippen LogP contribution in [0.1, 0.15) is 43.9 Å². The second kappa shape index (κ2) is 4.78. The maximum atomic E-state index is 11.8. The van der Waals surface area contributed by atoms with Gasteiger partial charge in [0.1, 0.15) is 12.0 Å². The van der Waals surface area contributed by atoms with Gasteiger partial charge in [-0.25, -0.2) is 13.4 Å². The van der Waals surface area contributed by atoms with E-state index in [9.17, 15) is 13.5 Å². The molecule has 2 unspecified atom stereocenters. The molecular formula is C11H17NO4S. The van der Waals surface area contributed by atoms with Gasteiger partial charge in [0.2, 0.25) is 0 Å². The number of hydrogen-bond acceptors (Lipinski definition) is 5. The molecule has 6 heteroatoms. The lowest BCUT2D eigenvalue weighted by Gasteiger charge is -2.20. The van der Waals surface area contributed by atoms with Crippen LogP contribution in [0.15, 0.2) is 10.7 Å². The van der Waals surface area contributed by atoms with Crippen LogP contribution in [0.2, 0.25) is 0 Å². The highest BCUT2D eigenvalue weighted by atomic mass is 32.2. The fourth-order valence-electron chi connectivity index (χ4n) is 2.06. The summed E-state index contributed by atoms with van der Waals surface area (Å²) in [7, 11) is -3.00. The van der Waals surface area contributed by atoms with Crippen molar-refractivity contribution in [2.24, 2.45) is 0 Å². The average molecular weight is 259 g/mol. The number of aliphatic hydroxyl groups excluding tert-OH is 1. The van der Waals surface area contributed by atoms with Crippen molar-refractivity contribution in [1.82, 2.24) is 4.98 Å². The zero-order valence-corrected chi connectivity index (χ0v) is 10.6. The molecular weight excluding hydrogens is 242 g/mol. The van der Waals surface area contributed by atoms with Gasteiger partial charge in [0.15, 0.2) is 15.7 Å². The van der Waals surface area contributed by atoms with Crippen LogP contribution >= 0.6 is 0 Å². The summed E-state index contributed by atoms with van der Waals surface area (Å²) in [6.45, 7) is 1.60. The monoisotopic (exact) mass is 259 g/mol. The number of hydrogen-bond donors (Lipinski definition) is 1. The Morgan fingerprint density at radius 1 is 1.59 bits per heavy atom. The van der Waals surface area contributed by atoms with Crippen LogP contribution < -0.4 is 0 Å². The van der Waals surface area contributed by atoms with E-state index in [0.29, 0.717) is 24.4 Å². The highest BCUT2D eigenvalue weighted by Crippen LogP contribution is 2.23.